The highest BCUT2D eigenvalue weighted by Crippen LogP contribution is 2.29. The summed E-state index contributed by atoms with van der Waals surface area (Å²) in [6, 6.07) is 17.2. The van der Waals surface area contributed by atoms with Crippen molar-refractivity contribution in [3.8, 4) is 17.4 Å². The van der Waals surface area contributed by atoms with Crippen LogP contribution in [0.5, 0.6) is 11.6 Å². The van der Waals surface area contributed by atoms with Gasteiger partial charge in [-0.05, 0) is 87.7 Å². The molecule has 0 radical (unpaired) electrons. The van der Waals surface area contributed by atoms with Gasteiger partial charge in [0.05, 0.1) is 12.2 Å². The van der Waals surface area contributed by atoms with Crippen LogP contribution in [0.3, 0.4) is 0 Å². The first-order valence-electron chi connectivity index (χ1n) is 17.6. The Labute approximate surface area is 304 Å². The van der Waals surface area contributed by atoms with Crippen LogP contribution < -0.4 is 24.8 Å². The highest BCUT2D eigenvalue weighted by atomic mass is 35.5. The van der Waals surface area contributed by atoms with Gasteiger partial charge < -0.3 is 20.1 Å². The molecule has 14 heteroatoms. The first-order valence-corrected chi connectivity index (χ1v) is 19.5. The first-order chi connectivity index (χ1) is 24.5. The second-order valence-corrected chi connectivity index (χ2v) is 16.0. The van der Waals surface area contributed by atoms with E-state index in [0.29, 0.717) is 42.4 Å². The number of nitrogens with one attached hydrogen (secondary N) is 3. The van der Waals surface area contributed by atoms with E-state index < -0.39 is 15.9 Å². The van der Waals surface area contributed by atoms with Crippen molar-refractivity contribution >= 4 is 33.3 Å². The Kier molecular flexibility index (Phi) is 11.8. The lowest BCUT2D eigenvalue weighted by Crippen LogP contribution is -2.31. The Bertz CT molecular complexity index is 1900. The molecular formula is C37H46ClN7O5S. The monoisotopic (exact) mass is 735 g/mol. The SMILES string of the molecule is CC1(C)C[C@H](CCCNc2nc(S(=O)(=O)NC(=O)c3ccc(-n4ccc(OCCC5CCCC5)n4)nc3Cl)ccc2OCc2ccccc2)CN1. The predicted molar refractivity (Wildman–Crippen MR) is 196 cm³/mol. The Balaban J connectivity index is 1.10. The fourth-order valence-corrected chi connectivity index (χ4v) is 7.89. The standard InChI is InChI=1S/C37H46ClN7O5S/c1-37(2)23-28(24-40-37)13-8-20-39-35-30(50-25-27-11-4-3-5-12-27)15-17-33(42-35)51(47,48)44-36(46)29-14-16-31(41-34(29)38)45-21-18-32(43-45)49-22-19-26-9-6-7-10-26/h3-5,11-12,14-18,21,26,28,40H,6-10,13,19-20,22-25H2,1-2H3,(H,39,42)(H,44,46)/t28-/m0/s1. The fraction of sp³-hybridized carbons (Fsp3) is 0.459. The zero-order valence-electron chi connectivity index (χ0n) is 29.1. The number of benzene rings is 1. The molecule has 4 heterocycles. The largest absolute Gasteiger partial charge is 0.485 e. The number of hydrogen-bond acceptors (Lipinski definition) is 10. The zero-order valence-corrected chi connectivity index (χ0v) is 30.7. The molecule has 1 saturated carbocycles. The molecule has 12 nitrogen and oxygen atoms in total. The van der Waals surface area contributed by atoms with Gasteiger partial charge in [0.2, 0.25) is 5.88 Å². The highest BCUT2D eigenvalue weighted by Gasteiger charge is 2.30. The summed E-state index contributed by atoms with van der Waals surface area (Å²) in [5.74, 6) is 1.83. The number of anilines is 1. The van der Waals surface area contributed by atoms with Crippen LogP contribution in [0.1, 0.15) is 81.1 Å². The third kappa shape index (κ3) is 9.99. The summed E-state index contributed by atoms with van der Waals surface area (Å²) >= 11 is 6.39. The van der Waals surface area contributed by atoms with E-state index in [1.54, 1.807) is 18.3 Å². The van der Waals surface area contributed by atoms with Crippen molar-refractivity contribution in [2.75, 3.05) is 25.0 Å². The number of hydrogen-bond donors (Lipinski definition) is 3. The lowest BCUT2D eigenvalue weighted by atomic mass is 9.94. The predicted octanol–water partition coefficient (Wildman–Crippen LogP) is 6.55. The number of rotatable bonds is 16. The van der Waals surface area contributed by atoms with Crippen LogP contribution in [0.2, 0.25) is 5.15 Å². The van der Waals surface area contributed by atoms with E-state index >= 15 is 0 Å². The molecule has 4 aromatic rings. The molecule has 1 aromatic carbocycles. The molecular weight excluding hydrogens is 690 g/mol. The van der Waals surface area contributed by atoms with Crippen LogP contribution in [0.4, 0.5) is 5.82 Å². The van der Waals surface area contributed by atoms with Gasteiger partial charge in [-0.15, -0.1) is 5.10 Å². The van der Waals surface area contributed by atoms with Crippen LogP contribution in [0.25, 0.3) is 5.82 Å². The number of nitrogens with zero attached hydrogens (tertiary/aromatic N) is 4. The molecule has 0 bridgehead atoms. The van der Waals surface area contributed by atoms with Gasteiger partial charge in [0.15, 0.2) is 22.4 Å². The van der Waals surface area contributed by atoms with Crippen LogP contribution in [-0.2, 0) is 16.6 Å². The number of aromatic nitrogens is 4. The van der Waals surface area contributed by atoms with Gasteiger partial charge in [-0.1, -0.05) is 67.6 Å². The lowest BCUT2D eigenvalue weighted by molar-refractivity contribution is 0.0981. The van der Waals surface area contributed by atoms with Crippen molar-refractivity contribution in [1.82, 2.24) is 29.8 Å². The second kappa shape index (κ2) is 16.4. The molecule has 0 unspecified atom stereocenters. The van der Waals surface area contributed by atoms with E-state index in [4.69, 9.17) is 21.1 Å². The Morgan fingerprint density at radius 3 is 2.55 bits per heavy atom. The number of sulfonamides is 1. The quantitative estimate of drug-likeness (QED) is 0.0854. The maximum absolute atomic E-state index is 13.4. The smallest absolute Gasteiger partial charge is 0.281 e. The lowest BCUT2D eigenvalue weighted by Gasteiger charge is -2.17. The minimum absolute atomic E-state index is 0.116. The van der Waals surface area contributed by atoms with Crippen LogP contribution in [-0.4, -0.2) is 59.3 Å². The van der Waals surface area contributed by atoms with Crippen LogP contribution in [0, 0.1) is 11.8 Å². The van der Waals surface area contributed by atoms with Gasteiger partial charge in [-0.25, -0.2) is 19.4 Å². The minimum Gasteiger partial charge on any atom is -0.485 e. The molecule has 1 atom stereocenters. The van der Waals surface area contributed by atoms with E-state index in [1.165, 1.54) is 48.6 Å². The third-order valence-electron chi connectivity index (χ3n) is 9.45. The molecule has 272 valence electrons. The fourth-order valence-electron chi connectivity index (χ4n) is 6.74. The number of ether oxygens (including phenoxy) is 2. The summed E-state index contributed by atoms with van der Waals surface area (Å²) in [6.07, 6.45) is 10.8. The maximum atomic E-state index is 13.4. The normalized spacial score (nSPS) is 17.4. The molecule has 1 aliphatic heterocycles. The van der Waals surface area contributed by atoms with E-state index in [-0.39, 0.29) is 33.7 Å². The molecule has 6 rings (SSSR count). The van der Waals surface area contributed by atoms with Crippen molar-refractivity contribution in [2.45, 2.75) is 82.4 Å². The summed E-state index contributed by atoms with van der Waals surface area (Å²) < 4.78 is 42.3. The molecule has 0 spiro atoms. The minimum atomic E-state index is -4.40. The van der Waals surface area contributed by atoms with Crippen LogP contribution >= 0.6 is 11.6 Å². The maximum Gasteiger partial charge on any atom is 0.281 e. The average Bonchev–Trinajstić information content (AvgIpc) is 3.88. The van der Waals surface area contributed by atoms with Crippen molar-refractivity contribution in [1.29, 1.82) is 0 Å². The number of halogens is 1. The summed E-state index contributed by atoms with van der Waals surface area (Å²) in [4.78, 5) is 21.9. The van der Waals surface area contributed by atoms with E-state index in [0.717, 1.165) is 37.8 Å². The summed E-state index contributed by atoms with van der Waals surface area (Å²) in [5.41, 5.74) is 0.978. The second-order valence-electron chi connectivity index (χ2n) is 14.0. The molecule has 3 aromatic heterocycles. The summed E-state index contributed by atoms with van der Waals surface area (Å²) in [5, 5.41) is 10.7. The summed E-state index contributed by atoms with van der Waals surface area (Å²) in [6.45, 7) is 6.83. The topological polar surface area (TPSA) is 149 Å². The molecule has 2 aliphatic rings. The summed E-state index contributed by atoms with van der Waals surface area (Å²) in [7, 11) is -4.40. The number of pyridine rings is 2. The molecule has 51 heavy (non-hydrogen) atoms. The molecule has 2 fully saturated rings. The highest BCUT2D eigenvalue weighted by molar-refractivity contribution is 7.90. The van der Waals surface area contributed by atoms with Crippen molar-refractivity contribution < 1.29 is 22.7 Å². The zero-order chi connectivity index (χ0) is 35.8. The van der Waals surface area contributed by atoms with E-state index in [1.807, 2.05) is 30.3 Å². The Morgan fingerprint density at radius 1 is 1.00 bits per heavy atom. The molecule has 1 amide bonds. The van der Waals surface area contributed by atoms with Gasteiger partial charge >= 0.3 is 0 Å². The number of amides is 1. The molecule has 3 N–H and O–H groups in total. The average molecular weight is 736 g/mol. The van der Waals surface area contributed by atoms with Crippen molar-refractivity contribution in [2.24, 2.45) is 11.8 Å². The number of carbonyl (C=O) groups excluding carboxylic acids is 1. The van der Waals surface area contributed by atoms with Crippen LogP contribution in [0.15, 0.2) is 71.9 Å². The van der Waals surface area contributed by atoms with Crippen molar-refractivity contribution in [3.05, 3.63) is 83.1 Å². The Hall–Kier alpha value is -4.20. The molecule has 1 aliphatic carbocycles. The van der Waals surface area contributed by atoms with Gasteiger partial charge in [0.1, 0.15) is 11.8 Å². The third-order valence-corrected chi connectivity index (χ3v) is 11.0. The van der Waals surface area contributed by atoms with Crippen molar-refractivity contribution in [3.63, 3.8) is 0 Å². The van der Waals surface area contributed by atoms with Gasteiger partial charge in [0.25, 0.3) is 15.9 Å². The van der Waals surface area contributed by atoms with E-state index in [9.17, 15) is 13.2 Å². The number of carbonyl (C=O) groups is 1. The van der Waals surface area contributed by atoms with E-state index in [2.05, 4.69) is 44.3 Å². The van der Waals surface area contributed by atoms with Gasteiger partial charge in [-0.2, -0.15) is 8.42 Å². The van der Waals surface area contributed by atoms with Gasteiger partial charge in [-0.3, -0.25) is 4.79 Å². The molecule has 1 saturated heterocycles. The van der Waals surface area contributed by atoms with Gasteiger partial charge in [0, 0.05) is 24.3 Å². The Morgan fingerprint density at radius 2 is 1.80 bits per heavy atom. The first kappa shape index (κ1) is 36.6.